The van der Waals surface area contributed by atoms with E-state index in [2.05, 4.69) is 10.0 Å². The molecule has 1 atom stereocenters. The van der Waals surface area contributed by atoms with Gasteiger partial charge in [-0.05, 0) is 43.4 Å². The van der Waals surface area contributed by atoms with Crippen LogP contribution in [0, 0.1) is 5.41 Å². The van der Waals surface area contributed by atoms with E-state index in [-0.39, 0.29) is 23.5 Å². The second-order valence-electron chi connectivity index (χ2n) is 7.01. The molecule has 1 amide bonds. The standard InChI is InChI=1S/C19H31N3O4S/c1-3-19(4-2,14-20)18(23)21-12-15-7-9-17(10-8-15)27(24,25)22-13-16-6-5-11-26-16/h7-10,16,22H,3-6,11-14,20H2,1-2H3,(H,21,23). The van der Waals surface area contributed by atoms with Gasteiger partial charge in [-0.3, -0.25) is 4.79 Å². The Bertz CT molecular complexity index is 701. The molecule has 1 aliphatic heterocycles. The highest BCUT2D eigenvalue weighted by molar-refractivity contribution is 7.89. The average molecular weight is 398 g/mol. The molecular formula is C19H31N3O4S. The molecule has 1 fully saturated rings. The third-order valence-corrected chi connectivity index (χ3v) is 6.88. The molecule has 1 aliphatic rings. The molecule has 152 valence electrons. The van der Waals surface area contributed by atoms with Crippen LogP contribution in [0.1, 0.15) is 45.1 Å². The van der Waals surface area contributed by atoms with Crippen molar-refractivity contribution in [1.82, 2.24) is 10.0 Å². The van der Waals surface area contributed by atoms with E-state index in [1.165, 1.54) is 0 Å². The molecule has 0 aliphatic carbocycles. The maximum Gasteiger partial charge on any atom is 0.240 e. The van der Waals surface area contributed by atoms with Gasteiger partial charge in [0.15, 0.2) is 0 Å². The minimum atomic E-state index is -3.56. The van der Waals surface area contributed by atoms with Crippen molar-refractivity contribution in [2.45, 2.75) is 57.1 Å². The topological polar surface area (TPSA) is 111 Å². The Morgan fingerprint density at radius 2 is 1.93 bits per heavy atom. The number of rotatable bonds is 10. The quantitative estimate of drug-likeness (QED) is 0.554. The van der Waals surface area contributed by atoms with Crippen LogP contribution >= 0.6 is 0 Å². The predicted octanol–water partition coefficient (Wildman–Crippen LogP) is 1.53. The number of ether oxygens (including phenoxy) is 1. The Hall–Kier alpha value is -1.48. The fourth-order valence-corrected chi connectivity index (χ4v) is 4.27. The average Bonchev–Trinajstić information content (AvgIpc) is 3.21. The smallest absolute Gasteiger partial charge is 0.240 e. The number of nitrogens with one attached hydrogen (secondary N) is 2. The summed E-state index contributed by atoms with van der Waals surface area (Å²) in [4.78, 5) is 12.7. The Kier molecular flexibility index (Phi) is 7.79. The first-order valence-electron chi connectivity index (χ1n) is 9.55. The highest BCUT2D eigenvalue weighted by atomic mass is 32.2. The molecule has 0 spiro atoms. The van der Waals surface area contributed by atoms with Crippen molar-refractivity contribution in [2.24, 2.45) is 11.1 Å². The lowest BCUT2D eigenvalue weighted by Crippen LogP contribution is -2.45. The van der Waals surface area contributed by atoms with Gasteiger partial charge in [0, 0.05) is 26.2 Å². The number of amides is 1. The third-order valence-electron chi connectivity index (χ3n) is 5.44. The summed E-state index contributed by atoms with van der Waals surface area (Å²) >= 11 is 0. The van der Waals surface area contributed by atoms with Crippen LogP contribution in [0.3, 0.4) is 0 Å². The zero-order valence-electron chi connectivity index (χ0n) is 16.2. The van der Waals surface area contributed by atoms with Crippen molar-refractivity contribution >= 4 is 15.9 Å². The van der Waals surface area contributed by atoms with Gasteiger partial charge >= 0.3 is 0 Å². The summed E-state index contributed by atoms with van der Waals surface area (Å²) in [6.07, 6.45) is 3.16. The van der Waals surface area contributed by atoms with Crippen molar-refractivity contribution < 1.29 is 17.9 Å². The molecular weight excluding hydrogens is 366 g/mol. The Morgan fingerprint density at radius 3 is 2.44 bits per heavy atom. The van der Waals surface area contributed by atoms with Crippen LogP contribution in [-0.4, -0.2) is 40.1 Å². The number of sulfonamides is 1. The summed E-state index contributed by atoms with van der Waals surface area (Å²) in [7, 11) is -3.56. The highest BCUT2D eigenvalue weighted by Gasteiger charge is 2.32. The number of hydrogen-bond acceptors (Lipinski definition) is 5. The van der Waals surface area contributed by atoms with Gasteiger partial charge in [-0.2, -0.15) is 0 Å². The van der Waals surface area contributed by atoms with Gasteiger partial charge in [0.05, 0.1) is 16.4 Å². The monoisotopic (exact) mass is 397 g/mol. The number of carbonyl (C=O) groups is 1. The van der Waals surface area contributed by atoms with Crippen molar-refractivity contribution in [3.05, 3.63) is 29.8 Å². The first-order chi connectivity index (χ1) is 12.9. The summed E-state index contributed by atoms with van der Waals surface area (Å²) < 4.78 is 32.8. The third kappa shape index (κ3) is 5.51. The summed E-state index contributed by atoms with van der Waals surface area (Å²) in [6.45, 7) is 5.53. The van der Waals surface area contributed by atoms with Crippen molar-refractivity contribution in [3.8, 4) is 0 Å². The number of carbonyl (C=O) groups excluding carboxylic acids is 1. The first kappa shape index (κ1) is 21.8. The van der Waals surface area contributed by atoms with E-state index in [0.29, 0.717) is 32.5 Å². The van der Waals surface area contributed by atoms with Crippen LogP contribution < -0.4 is 15.8 Å². The zero-order chi connectivity index (χ0) is 19.9. The molecule has 1 aromatic carbocycles. The van der Waals surface area contributed by atoms with Crippen LogP contribution in [0.15, 0.2) is 29.2 Å². The van der Waals surface area contributed by atoms with E-state index in [9.17, 15) is 13.2 Å². The number of nitrogens with two attached hydrogens (primary N) is 1. The van der Waals surface area contributed by atoms with E-state index in [4.69, 9.17) is 10.5 Å². The maximum atomic E-state index is 12.5. The van der Waals surface area contributed by atoms with Gasteiger partial charge in [-0.1, -0.05) is 26.0 Å². The summed E-state index contributed by atoms with van der Waals surface area (Å²) in [5, 5.41) is 2.91. The van der Waals surface area contributed by atoms with Crippen LogP contribution in [-0.2, 0) is 26.1 Å². The maximum absolute atomic E-state index is 12.5. The normalized spacial score (nSPS) is 17.8. The van der Waals surface area contributed by atoms with E-state index in [0.717, 1.165) is 18.4 Å². The predicted molar refractivity (Wildman–Crippen MR) is 105 cm³/mol. The van der Waals surface area contributed by atoms with Crippen LogP contribution in [0.5, 0.6) is 0 Å². The van der Waals surface area contributed by atoms with Gasteiger partial charge in [0.2, 0.25) is 15.9 Å². The second kappa shape index (κ2) is 9.64. The molecule has 0 bridgehead atoms. The number of benzene rings is 1. The zero-order valence-corrected chi connectivity index (χ0v) is 17.0. The molecule has 7 nitrogen and oxygen atoms in total. The van der Waals surface area contributed by atoms with Crippen LogP contribution in [0.25, 0.3) is 0 Å². The van der Waals surface area contributed by atoms with E-state index < -0.39 is 15.4 Å². The van der Waals surface area contributed by atoms with E-state index >= 15 is 0 Å². The molecule has 1 aromatic rings. The molecule has 0 radical (unpaired) electrons. The van der Waals surface area contributed by atoms with Crippen LogP contribution in [0.4, 0.5) is 0 Å². The molecule has 1 saturated heterocycles. The molecule has 1 heterocycles. The molecule has 8 heteroatoms. The lowest BCUT2D eigenvalue weighted by atomic mass is 9.81. The van der Waals surface area contributed by atoms with E-state index in [1.807, 2.05) is 13.8 Å². The largest absolute Gasteiger partial charge is 0.377 e. The fourth-order valence-electron chi connectivity index (χ4n) is 3.20. The summed E-state index contributed by atoms with van der Waals surface area (Å²) in [6, 6.07) is 6.52. The van der Waals surface area contributed by atoms with Crippen molar-refractivity contribution in [3.63, 3.8) is 0 Å². The lowest BCUT2D eigenvalue weighted by Gasteiger charge is -2.28. The first-order valence-corrected chi connectivity index (χ1v) is 11.0. The minimum Gasteiger partial charge on any atom is -0.377 e. The van der Waals surface area contributed by atoms with Gasteiger partial charge in [-0.25, -0.2) is 13.1 Å². The second-order valence-corrected chi connectivity index (χ2v) is 8.77. The van der Waals surface area contributed by atoms with Crippen LogP contribution in [0.2, 0.25) is 0 Å². The molecule has 1 unspecified atom stereocenters. The SMILES string of the molecule is CCC(CC)(CN)C(=O)NCc1ccc(S(=O)(=O)NCC2CCCO2)cc1. The Morgan fingerprint density at radius 1 is 1.26 bits per heavy atom. The molecule has 2 rings (SSSR count). The lowest BCUT2D eigenvalue weighted by molar-refractivity contribution is -0.131. The minimum absolute atomic E-state index is 0.0470. The van der Waals surface area contributed by atoms with Gasteiger partial charge in [-0.15, -0.1) is 0 Å². The van der Waals surface area contributed by atoms with E-state index in [1.54, 1.807) is 24.3 Å². The molecule has 4 N–H and O–H groups in total. The van der Waals surface area contributed by atoms with Gasteiger partial charge < -0.3 is 15.8 Å². The highest BCUT2D eigenvalue weighted by Crippen LogP contribution is 2.25. The molecule has 27 heavy (non-hydrogen) atoms. The summed E-state index contributed by atoms with van der Waals surface area (Å²) in [5.74, 6) is -0.0649. The van der Waals surface area contributed by atoms with Gasteiger partial charge in [0.25, 0.3) is 0 Å². The Labute approximate surface area is 162 Å². The fraction of sp³-hybridized carbons (Fsp3) is 0.632. The summed E-state index contributed by atoms with van der Waals surface area (Å²) in [5.41, 5.74) is 6.08. The number of hydrogen-bond donors (Lipinski definition) is 3. The van der Waals surface area contributed by atoms with Gasteiger partial charge in [0.1, 0.15) is 0 Å². The Balaban J connectivity index is 1.93. The van der Waals surface area contributed by atoms with Crippen molar-refractivity contribution in [1.29, 1.82) is 0 Å². The molecule has 0 saturated carbocycles. The molecule has 0 aromatic heterocycles. The van der Waals surface area contributed by atoms with Crippen molar-refractivity contribution in [2.75, 3.05) is 19.7 Å².